The number of hydrazine groups is 2. The number of amides is 3. The van der Waals surface area contributed by atoms with E-state index in [0.29, 0.717) is 22.1 Å². The number of phenolic OH excluding ortho intramolecular Hbond substituents is 2. The van der Waals surface area contributed by atoms with E-state index in [4.69, 9.17) is 10.6 Å². The molecule has 2 atom stereocenters. The summed E-state index contributed by atoms with van der Waals surface area (Å²) in [7, 11) is 0. The van der Waals surface area contributed by atoms with Crippen molar-refractivity contribution >= 4 is 170 Å². The fourth-order valence-corrected chi connectivity index (χ4v) is 8.21. The van der Waals surface area contributed by atoms with Crippen LogP contribution in [0, 0.1) is 0 Å². The second-order valence-corrected chi connectivity index (χ2v) is 13.8. The Balaban J connectivity index is 0.00000261. The van der Waals surface area contributed by atoms with Gasteiger partial charge in [0.05, 0.1) is 16.8 Å². The Morgan fingerprint density at radius 3 is 2.50 bits per heavy atom. The first-order chi connectivity index (χ1) is 24.2. The number of phenols is 2. The van der Waals surface area contributed by atoms with Crippen molar-refractivity contribution in [2.45, 2.75) is 24.9 Å². The van der Waals surface area contributed by atoms with E-state index in [2.05, 4.69) is 26.0 Å². The van der Waals surface area contributed by atoms with Crippen LogP contribution in [0.1, 0.15) is 28.5 Å². The van der Waals surface area contributed by atoms with Gasteiger partial charge >= 0.3 is 107 Å². The number of carboxylic acids is 2. The number of nitrogen functional groups attached to an aromatic ring is 1. The topological polar surface area (TPSA) is 293 Å². The van der Waals surface area contributed by atoms with Crippen molar-refractivity contribution in [2.75, 3.05) is 17.2 Å². The van der Waals surface area contributed by atoms with Gasteiger partial charge in [0.15, 0.2) is 28.2 Å². The maximum absolute atomic E-state index is 13.5. The first kappa shape index (κ1) is 45.6. The second-order valence-electron chi connectivity index (χ2n) is 10.8. The molecule has 0 bridgehead atoms. The predicted molar refractivity (Wildman–Crippen MR) is 202 cm³/mol. The number of thiazole rings is 1. The number of aromatic carboxylic acids is 1. The van der Waals surface area contributed by atoms with E-state index < -0.39 is 65.1 Å². The number of carbonyl (C=O) groups excluding carboxylic acids is 2. The van der Waals surface area contributed by atoms with Crippen LogP contribution >= 0.6 is 34.9 Å². The Labute approximate surface area is 383 Å². The van der Waals surface area contributed by atoms with Crippen LogP contribution in [0.5, 0.6) is 11.5 Å². The number of aromatic nitrogens is 1. The number of nitrogens with two attached hydrogens (primary N) is 1. The SMILES string of the molecule is CC1=NC2=CN(C(=O)O)NN2C(SCC2=C(C(=O)O)N3C(=O)[C@@H](NC(=O)/C(=N\OCc4cc(C(=O)O)cc(O)c4O)c4csc(N)n4)[C@H]3SC2)=C1.[NaH].[NaH].[NaH]. The predicted octanol–water partition coefficient (Wildman–Crippen LogP) is -0.888. The van der Waals surface area contributed by atoms with E-state index in [9.17, 15) is 49.5 Å². The first-order valence-corrected chi connectivity index (χ1v) is 17.3. The van der Waals surface area contributed by atoms with Gasteiger partial charge in [0.2, 0.25) is 0 Å². The number of aromatic hydroxyl groups is 2. The normalized spacial score (nSPS) is 18.7. The Morgan fingerprint density at radius 2 is 1.87 bits per heavy atom. The minimum absolute atomic E-state index is 0. The number of nitrogens with zero attached hydrogens (tertiary/aromatic N) is 6. The van der Waals surface area contributed by atoms with Gasteiger partial charge in [-0.15, -0.1) is 40.4 Å². The number of nitrogens with one attached hydrogen (secondary N) is 2. The standard InChI is InChI=1S/C28H25N9O11S3.3Na.3H/c1-10-2-17(37-16(30-10)5-35(34-37)28(46)47)49-7-13-8-50-24-19(23(41)36(24)20(13)26(44)45)32-22(40)18(14-9-51-27(29)31-14)33-48-6-12-3-11(25(42)43)4-15(38)21(12)39;;;;;;/h2-5,9,19,24,34,38-39H,6-8H2,1H3,(H2,29,31)(H,32,40)(H,42,43)(H,44,45)(H,46,47);;;;;;/b33-18-;;;;;;/t19-,24-;;;;;;/m1....../s1. The Hall–Kier alpha value is -2.78. The zero-order chi connectivity index (χ0) is 36.7. The number of carboxylic acid groups (broad SMARTS) is 3. The minimum atomic E-state index is -1.38. The number of allylic oxidation sites excluding steroid dienone is 1. The van der Waals surface area contributed by atoms with Crippen LogP contribution in [0.25, 0.3) is 0 Å². The summed E-state index contributed by atoms with van der Waals surface area (Å²) in [5.74, 6) is -5.10. The summed E-state index contributed by atoms with van der Waals surface area (Å²) in [5.41, 5.74) is 8.22. The molecule has 20 nitrogen and oxygen atoms in total. The van der Waals surface area contributed by atoms with Crippen LogP contribution < -0.4 is 16.6 Å². The molecule has 0 saturated carbocycles. The fourth-order valence-electron chi connectivity index (χ4n) is 5.11. The van der Waals surface area contributed by atoms with E-state index in [1.807, 2.05) is 0 Å². The van der Waals surface area contributed by atoms with Crippen LogP contribution in [0.3, 0.4) is 0 Å². The molecule has 26 heteroatoms. The third-order valence-electron chi connectivity index (χ3n) is 7.43. The van der Waals surface area contributed by atoms with E-state index in [0.717, 1.165) is 33.4 Å². The van der Waals surface area contributed by atoms with Crippen molar-refractivity contribution in [1.29, 1.82) is 0 Å². The van der Waals surface area contributed by atoms with E-state index in [1.54, 1.807) is 13.0 Å². The second kappa shape index (κ2) is 18.9. The van der Waals surface area contributed by atoms with Crippen LogP contribution in [0.2, 0.25) is 0 Å². The molecule has 0 radical (unpaired) electrons. The maximum atomic E-state index is 13.5. The molecule has 272 valence electrons. The van der Waals surface area contributed by atoms with Crippen LogP contribution in [-0.2, 0) is 25.8 Å². The Bertz CT molecular complexity index is 2060. The summed E-state index contributed by atoms with van der Waals surface area (Å²) >= 11 is 3.41. The number of aliphatic imine (C=N–C) groups is 1. The summed E-state index contributed by atoms with van der Waals surface area (Å²) in [6, 6.07) is 0.723. The molecular weight excluding hydrogens is 804 g/mol. The average Bonchev–Trinajstić information content (AvgIpc) is 3.71. The van der Waals surface area contributed by atoms with Gasteiger partial charge in [-0.2, -0.15) is 5.01 Å². The molecule has 3 amide bonds. The first-order valence-electron chi connectivity index (χ1n) is 14.3. The monoisotopic (exact) mass is 831 g/mol. The average molecular weight is 832 g/mol. The number of hydrogen-bond acceptors (Lipinski definition) is 17. The molecule has 1 aromatic heterocycles. The van der Waals surface area contributed by atoms with Crippen LogP contribution in [0.4, 0.5) is 9.93 Å². The summed E-state index contributed by atoms with van der Waals surface area (Å²) in [6.45, 7) is 1.15. The van der Waals surface area contributed by atoms with E-state index in [-0.39, 0.29) is 128 Å². The van der Waals surface area contributed by atoms with Crippen molar-refractivity contribution < 1.29 is 54.3 Å². The van der Waals surface area contributed by atoms with Gasteiger partial charge in [0.25, 0.3) is 11.8 Å². The van der Waals surface area contributed by atoms with Crippen LogP contribution in [0.15, 0.2) is 62.1 Å². The third-order valence-corrected chi connectivity index (χ3v) is 10.5. The molecule has 54 heavy (non-hydrogen) atoms. The Kier molecular flexibility index (Phi) is 16.0. The molecule has 1 aromatic carbocycles. The van der Waals surface area contributed by atoms with Gasteiger partial charge in [-0.05, 0) is 30.7 Å². The number of anilines is 1. The quantitative estimate of drug-likeness (QED) is 0.0448. The molecule has 1 fully saturated rings. The van der Waals surface area contributed by atoms with E-state index in [1.165, 1.54) is 40.1 Å². The third kappa shape index (κ3) is 9.42. The van der Waals surface area contributed by atoms with Crippen molar-refractivity contribution in [3.05, 3.63) is 68.7 Å². The molecule has 0 spiro atoms. The molecular formula is C28H28N9Na3O11S3. The van der Waals surface area contributed by atoms with Crippen molar-refractivity contribution in [3.63, 3.8) is 0 Å². The van der Waals surface area contributed by atoms with Crippen molar-refractivity contribution in [3.8, 4) is 11.5 Å². The van der Waals surface area contributed by atoms with Gasteiger partial charge in [-0.1, -0.05) is 5.16 Å². The number of β-lactam (4-membered cyclic amide) rings is 1. The number of aliphatic carboxylic acids is 1. The zero-order valence-electron chi connectivity index (χ0n) is 25.8. The molecule has 9 N–H and O–H groups in total. The van der Waals surface area contributed by atoms with Crippen LogP contribution in [-0.4, -0.2) is 198 Å². The number of thioether (sulfide) groups is 2. The van der Waals surface area contributed by atoms with Gasteiger partial charge in [-0.3, -0.25) is 14.5 Å². The summed E-state index contributed by atoms with van der Waals surface area (Å²) in [6.07, 6.45) is 1.72. The molecule has 0 unspecified atom stereocenters. The number of carbonyl (C=O) groups is 5. The number of rotatable bonds is 11. The van der Waals surface area contributed by atoms with Gasteiger partial charge in [0, 0.05) is 28.2 Å². The zero-order valence-corrected chi connectivity index (χ0v) is 28.3. The Morgan fingerprint density at radius 1 is 1.15 bits per heavy atom. The summed E-state index contributed by atoms with van der Waals surface area (Å²) < 4.78 is 0. The number of fused-ring (bicyclic) bond motifs is 2. The fraction of sp³-hybridized carbons (Fsp3) is 0.214. The molecule has 2 aromatic rings. The number of oxime groups is 1. The van der Waals surface area contributed by atoms with Gasteiger partial charge in [-0.25, -0.2) is 29.4 Å². The molecule has 4 aliphatic rings. The molecule has 1 saturated heterocycles. The summed E-state index contributed by atoms with van der Waals surface area (Å²) in [4.78, 5) is 76.8. The molecule has 0 aliphatic carbocycles. The number of hydrogen-bond donors (Lipinski definition) is 8. The van der Waals surface area contributed by atoms with Gasteiger partial charge < -0.3 is 41.4 Å². The summed E-state index contributed by atoms with van der Waals surface area (Å²) in [5, 5.41) is 58.6. The van der Waals surface area contributed by atoms with E-state index >= 15 is 0 Å². The van der Waals surface area contributed by atoms with Crippen molar-refractivity contribution in [1.82, 2.24) is 30.8 Å². The molecule has 4 aliphatic heterocycles. The molecule has 5 heterocycles. The van der Waals surface area contributed by atoms with Crippen molar-refractivity contribution in [2.24, 2.45) is 10.1 Å². The van der Waals surface area contributed by atoms with Gasteiger partial charge in [0.1, 0.15) is 29.4 Å². The molecule has 6 rings (SSSR count). The number of benzene rings is 1.